The van der Waals surface area contributed by atoms with E-state index in [9.17, 15) is 9.18 Å². The SMILES string of the molecule is O=C(O)c1ccc(F)c(CSc2ccncc2)c1. The molecule has 92 valence electrons. The molecule has 1 heterocycles. The molecular weight excluding hydrogens is 253 g/mol. The Morgan fingerprint density at radius 3 is 2.67 bits per heavy atom. The minimum atomic E-state index is -1.05. The molecule has 0 amide bonds. The van der Waals surface area contributed by atoms with E-state index in [4.69, 9.17) is 5.11 Å². The average molecular weight is 263 g/mol. The molecular formula is C13H10FNO2S. The van der Waals surface area contributed by atoms with E-state index in [-0.39, 0.29) is 11.4 Å². The van der Waals surface area contributed by atoms with Gasteiger partial charge in [0.05, 0.1) is 5.56 Å². The van der Waals surface area contributed by atoms with Crippen LogP contribution in [-0.2, 0) is 5.75 Å². The second-order valence-corrected chi connectivity index (χ2v) is 4.63. The molecule has 5 heteroatoms. The molecule has 0 saturated carbocycles. The zero-order valence-corrected chi connectivity index (χ0v) is 10.2. The largest absolute Gasteiger partial charge is 0.478 e. The summed E-state index contributed by atoms with van der Waals surface area (Å²) in [5.74, 6) is -1.05. The number of hydrogen-bond acceptors (Lipinski definition) is 3. The van der Waals surface area contributed by atoms with E-state index in [0.29, 0.717) is 11.3 Å². The van der Waals surface area contributed by atoms with Crippen LogP contribution in [0, 0.1) is 5.82 Å². The van der Waals surface area contributed by atoms with Gasteiger partial charge < -0.3 is 5.11 Å². The highest BCUT2D eigenvalue weighted by Gasteiger charge is 2.08. The van der Waals surface area contributed by atoms with Crippen molar-refractivity contribution in [3.8, 4) is 0 Å². The molecule has 1 aromatic carbocycles. The van der Waals surface area contributed by atoms with E-state index in [1.807, 2.05) is 12.1 Å². The summed E-state index contributed by atoms with van der Waals surface area (Å²) >= 11 is 1.44. The van der Waals surface area contributed by atoms with Crippen molar-refractivity contribution in [2.45, 2.75) is 10.6 Å². The summed E-state index contributed by atoms with van der Waals surface area (Å²) in [6.07, 6.45) is 3.32. The summed E-state index contributed by atoms with van der Waals surface area (Å²) < 4.78 is 13.5. The number of hydrogen-bond donors (Lipinski definition) is 1. The van der Waals surface area contributed by atoms with Crippen LogP contribution in [-0.4, -0.2) is 16.1 Å². The van der Waals surface area contributed by atoms with Gasteiger partial charge in [0.2, 0.25) is 0 Å². The first kappa shape index (κ1) is 12.6. The smallest absolute Gasteiger partial charge is 0.335 e. The van der Waals surface area contributed by atoms with Crippen LogP contribution in [0.15, 0.2) is 47.6 Å². The number of rotatable bonds is 4. The topological polar surface area (TPSA) is 50.2 Å². The zero-order chi connectivity index (χ0) is 13.0. The Kier molecular flexibility index (Phi) is 3.94. The van der Waals surface area contributed by atoms with Crippen molar-refractivity contribution in [3.63, 3.8) is 0 Å². The third-order valence-corrected chi connectivity index (χ3v) is 3.40. The van der Waals surface area contributed by atoms with Gasteiger partial charge in [-0.1, -0.05) is 0 Å². The van der Waals surface area contributed by atoms with Crippen molar-refractivity contribution >= 4 is 17.7 Å². The van der Waals surface area contributed by atoms with Crippen LogP contribution < -0.4 is 0 Å². The van der Waals surface area contributed by atoms with Crippen molar-refractivity contribution in [1.82, 2.24) is 4.98 Å². The fourth-order valence-electron chi connectivity index (χ4n) is 1.41. The van der Waals surface area contributed by atoms with Crippen LogP contribution in [0.25, 0.3) is 0 Å². The van der Waals surface area contributed by atoms with Gasteiger partial charge in [0, 0.05) is 23.0 Å². The lowest BCUT2D eigenvalue weighted by molar-refractivity contribution is 0.0696. The number of thioether (sulfide) groups is 1. The van der Waals surface area contributed by atoms with Gasteiger partial charge >= 0.3 is 5.97 Å². The second-order valence-electron chi connectivity index (χ2n) is 3.58. The molecule has 0 unspecified atom stereocenters. The number of halogens is 1. The predicted molar refractivity (Wildman–Crippen MR) is 67.2 cm³/mol. The highest BCUT2D eigenvalue weighted by molar-refractivity contribution is 7.98. The number of carboxylic acids is 1. The lowest BCUT2D eigenvalue weighted by Gasteiger charge is -2.04. The lowest BCUT2D eigenvalue weighted by Crippen LogP contribution is -1.99. The molecule has 0 fully saturated rings. The number of aromatic nitrogens is 1. The Labute approximate surface area is 108 Å². The highest BCUT2D eigenvalue weighted by Crippen LogP contribution is 2.24. The Balaban J connectivity index is 2.14. The van der Waals surface area contributed by atoms with Gasteiger partial charge in [0.1, 0.15) is 5.82 Å². The Hall–Kier alpha value is -1.88. The first-order chi connectivity index (χ1) is 8.66. The van der Waals surface area contributed by atoms with Gasteiger partial charge in [-0.05, 0) is 35.9 Å². The van der Waals surface area contributed by atoms with Crippen LogP contribution >= 0.6 is 11.8 Å². The summed E-state index contributed by atoms with van der Waals surface area (Å²) in [7, 11) is 0. The van der Waals surface area contributed by atoms with E-state index in [1.165, 1.54) is 30.0 Å². The van der Waals surface area contributed by atoms with Crippen molar-refractivity contribution in [3.05, 3.63) is 59.7 Å². The Bertz CT molecular complexity index is 560. The molecule has 1 aromatic heterocycles. The number of aromatic carboxylic acids is 1. The minimum Gasteiger partial charge on any atom is -0.478 e. The van der Waals surface area contributed by atoms with Crippen molar-refractivity contribution in [2.24, 2.45) is 0 Å². The average Bonchev–Trinajstić information content (AvgIpc) is 2.38. The van der Waals surface area contributed by atoms with Crippen molar-refractivity contribution in [1.29, 1.82) is 0 Å². The van der Waals surface area contributed by atoms with Crippen molar-refractivity contribution < 1.29 is 14.3 Å². The van der Waals surface area contributed by atoms with E-state index < -0.39 is 5.97 Å². The Morgan fingerprint density at radius 1 is 1.28 bits per heavy atom. The van der Waals surface area contributed by atoms with E-state index in [1.54, 1.807) is 12.4 Å². The molecule has 0 spiro atoms. The first-order valence-corrected chi connectivity index (χ1v) is 6.20. The van der Waals surface area contributed by atoms with Gasteiger partial charge in [-0.25, -0.2) is 9.18 Å². The van der Waals surface area contributed by atoms with E-state index in [0.717, 1.165) is 4.90 Å². The maximum atomic E-state index is 13.5. The van der Waals surface area contributed by atoms with Gasteiger partial charge in [-0.3, -0.25) is 4.98 Å². The highest BCUT2D eigenvalue weighted by atomic mass is 32.2. The Morgan fingerprint density at radius 2 is 2.00 bits per heavy atom. The molecule has 0 aliphatic heterocycles. The summed E-state index contributed by atoms with van der Waals surface area (Å²) in [4.78, 5) is 15.7. The maximum absolute atomic E-state index is 13.5. The summed E-state index contributed by atoms with van der Waals surface area (Å²) in [5.41, 5.74) is 0.485. The number of nitrogens with zero attached hydrogens (tertiary/aromatic N) is 1. The molecule has 0 radical (unpaired) electrons. The van der Waals surface area contributed by atoms with Gasteiger partial charge in [0.15, 0.2) is 0 Å². The molecule has 0 atom stereocenters. The summed E-state index contributed by atoms with van der Waals surface area (Å²) in [6.45, 7) is 0. The fraction of sp³-hybridized carbons (Fsp3) is 0.0769. The molecule has 0 aliphatic rings. The van der Waals surface area contributed by atoms with Gasteiger partial charge in [-0.2, -0.15) is 0 Å². The first-order valence-electron chi connectivity index (χ1n) is 5.21. The number of benzene rings is 1. The molecule has 0 saturated heterocycles. The summed E-state index contributed by atoms with van der Waals surface area (Å²) in [6, 6.07) is 7.46. The van der Waals surface area contributed by atoms with Crippen LogP contribution in [0.5, 0.6) is 0 Å². The molecule has 2 aromatic rings. The molecule has 18 heavy (non-hydrogen) atoms. The molecule has 1 N–H and O–H groups in total. The predicted octanol–water partition coefficient (Wildman–Crippen LogP) is 3.21. The third kappa shape index (κ3) is 3.07. The number of carbonyl (C=O) groups is 1. The van der Waals surface area contributed by atoms with E-state index >= 15 is 0 Å². The minimum absolute atomic E-state index is 0.0988. The van der Waals surface area contributed by atoms with Crippen LogP contribution in [0.2, 0.25) is 0 Å². The summed E-state index contributed by atoms with van der Waals surface area (Å²) in [5, 5.41) is 8.85. The monoisotopic (exact) mass is 263 g/mol. The standard InChI is InChI=1S/C13H10FNO2S/c14-12-2-1-9(13(16)17)7-10(12)8-18-11-3-5-15-6-4-11/h1-7H,8H2,(H,16,17). The van der Waals surface area contributed by atoms with Gasteiger partial charge in [0.25, 0.3) is 0 Å². The van der Waals surface area contributed by atoms with E-state index in [2.05, 4.69) is 4.98 Å². The molecule has 0 bridgehead atoms. The van der Waals surface area contributed by atoms with Crippen molar-refractivity contribution in [2.75, 3.05) is 0 Å². The second kappa shape index (κ2) is 5.64. The third-order valence-electron chi connectivity index (χ3n) is 2.34. The van der Waals surface area contributed by atoms with Crippen LogP contribution in [0.4, 0.5) is 4.39 Å². The number of carboxylic acid groups (broad SMARTS) is 1. The van der Waals surface area contributed by atoms with Gasteiger partial charge in [-0.15, -0.1) is 11.8 Å². The molecule has 3 nitrogen and oxygen atoms in total. The quantitative estimate of drug-likeness (QED) is 0.860. The number of pyridine rings is 1. The zero-order valence-electron chi connectivity index (χ0n) is 9.34. The molecule has 0 aliphatic carbocycles. The maximum Gasteiger partial charge on any atom is 0.335 e. The lowest BCUT2D eigenvalue weighted by atomic mass is 10.1. The normalized spacial score (nSPS) is 10.3. The van der Waals surface area contributed by atoms with Crippen LogP contribution in [0.3, 0.4) is 0 Å². The fourth-order valence-corrected chi connectivity index (χ4v) is 2.27. The molecule has 2 rings (SSSR count). The van der Waals surface area contributed by atoms with Crippen LogP contribution in [0.1, 0.15) is 15.9 Å².